The van der Waals surface area contributed by atoms with Crippen molar-refractivity contribution in [3.63, 3.8) is 0 Å². The molecule has 7 nitrogen and oxygen atoms in total. The van der Waals surface area contributed by atoms with Gasteiger partial charge in [-0.1, -0.05) is 44.2 Å². The van der Waals surface area contributed by atoms with Crippen LogP contribution in [0.25, 0.3) is 16.7 Å². The number of aryl methyl sites for hydroxylation is 1. The van der Waals surface area contributed by atoms with Crippen molar-refractivity contribution in [2.45, 2.75) is 82.8 Å². The van der Waals surface area contributed by atoms with Crippen LogP contribution in [-0.4, -0.2) is 36.4 Å². The summed E-state index contributed by atoms with van der Waals surface area (Å²) in [6.07, 6.45) is 6.15. The third-order valence-corrected chi connectivity index (χ3v) is 8.91. The number of carbonyl (C=O) groups is 1. The van der Waals surface area contributed by atoms with Gasteiger partial charge in [-0.3, -0.25) is 18.6 Å². The number of nitrogens with zero attached hydrogens (tertiary/aromatic N) is 4. The molecule has 182 valence electrons. The molecule has 2 saturated carbocycles. The minimum Gasteiger partial charge on any atom is -0.352 e. The second-order valence-electron chi connectivity index (χ2n) is 10.7. The molecule has 1 amide bonds. The molecule has 3 aromatic rings. The quantitative estimate of drug-likeness (QED) is 0.479. The number of hydrogen-bond donors (Lipinski definition) is 1. The predicted molar refractivity (Wildman–Crippen MR) is 136 cm³/mol. The van der Waals surface area contributed by atoms with E-state index in [0.29, 0.717) is 34.7 Å². The molecule has 0 spiro atoms. The van der Waals surface area contributed by atoms with Crippen LogP contribution in [0.5, 0.6) is 0 Å². The van der Waals surface area contributed by atoms with Crippen molar-refractivity contribution in [3.05, 3.63) is 34.6 Å². The minimum absolute atomic E-state index is 0.0365. The van der Waals surface area contributed by atoms with Gasteiger partial charge >= 0.3 is 0 Å². The van der Waals surface area contributed by atoms with Gasteiger partial charge in [-0.05, 0) is 75.3 Å². The van der Waals surface area contributed by atoms with Gasteiger partial charge in [-0.25, -0.2) is 0 Å². The molecule has 5 atom stereocenters. The highest BCUT2D eigenvalue weighted by Gasteiger charge is 2.42. The lowest BCUT2D eigenvalue weighted by Crippen LogP contribution is -2.43. The maximum atomic E-state index is 13.2. The highest BCUT2D eigenvalue weighted by Crippen LogP contribution is 2.49. The molecule has 2 aliphatic carbocycles. The smallest absolute Gasteiger partial charge is 0.262 e. The normalized spacial score (nSPS) is 23.7. The summed E-state index contributed by atoms with van der Waals surface area (Å²) in [5.74, 6) is 3.29. The minimum atomic E-state index is -0.316. The highest BCUT2D eigenvalue weighted by atomic mass is 32.2. The summed E-state index contributed by atoms with van der Waals surface area (Å²) >= 11 is 1.40. The first kappa shape index (κ1) is 23.4. The Labute approximate surface area is 204 Å². The molecule has 2 fully saturated rings. The van der Waals surface area contributed by atoms with Gasteiger partial charge in [0.1, 0.15) is 0 Å². The summed E-state index contributed by atoms with van der Waals surface area (Å²) in [6, 6.07) is 7.77. The Morgan fingerprint density at radius 2 is 1.94 bits per heavy atom. The van der Waals surface area contributed by atoms with E-state index in [0.717, 1.165) is 23.8 Å². The van der Waals surface area contributed by atoms with Crippen LogP contribution in [0.3, 0.4) is 0 Å². The zero-order chi connectivity index (χ0) is 24.0. The molecule has 2 aliphatic rings. The molecule has 2 bridgehead atoms. The molecule has 1 aromatic carbocycles. The average Bonchev–Trinajstić information content (AvgIpc) is 3.55. The van der Waals surface area contributed by atoms with Gasteiger partial charge in [0.05, 0.1) is 16.2 Å². The summed E-state index contributed by atoms with van der Waals surface area (Å²) in [5, 5.41) is 13.1. The molecule has 34 heavy (non-hydrogen) atoms. The van der Waals surface area contributed by atoms with Crippen molar-refractivity contribution in [2.75, 3.05) is 0 Å². The second kappa shape index (κ2) is 9.36. The number of rotatable bonds is 8. The van der Waals surface area contributed by atoms with Gasteiger partial charge in [0.15, 0.2) is 5.16 Å². The Hall–Kier alpha value is -2.35. The van der Waals surface area contributed by atoms with E-state index in [-0.39, 0.29) is 22.8 Å². The fourth-order valence-corrected chi connectivity index (χ4v) is 6.83. The van der Waals surface area contributed by atoms with Crippen LogP contribution in [0.4, 0.5) is 0 Å². The van der Waals surface area contributed by atoms with E-state index >= 15 is 0 Å². The van der Waals surface area contributed by atoms with E-state index in [9.17, 15) is 9.59 Å². The van der Waals surface area contributed by atoms with Crippen molar-refractivity contribution in [3.8, 4) is 0 Å². The van der Waals surface area contributed by atoms with Crippen LogP contribution in [0, 0.1) is 23.7 Å². The number of amides is 1. The molecule has 2 aromatic heterocycles. The van der Waals surface area contributed by atoms with E-state index in [4.69, 9.17) is 0 Å². The van der Waals surface area contributed by atoms with E-state index < -0.39 is 0 Å². The standard InChI is InChI=1S/C26H35N5O2S/c1-15(2)11-12-30-24(33)20-7-5-6-8-22(20)31-25(30)28-29-26(31)34-17(4)23(32)27-16(3)21-14-18-9-10-19(21)13-18/h5-8,15-19,21H,9-14H2,1-4H3,(H,27,32). The number of nitrogens with one attached hydrogen (secondary N) is 1. The van der Waals surface area contributed by atoms with Gasteiger partial charge < -0.3 is 5.32 Å². The van der Waals surface area contributed by atoms with E-state index in [1.807, 2.05) is 35.6 Å². The summed E-state index contributed by atoms with van der Waals surface area (Å²) in [6.45, 7) is 8.96. The number of benzene rings is 1. The Kier molecular flexibility index (Phi) is 6.44. The Morgan fingerprint density at radius 1 is 1.15 bits per heavy atom. The molecule has 1 N–H and O–H groups in total. The van der Waals surface area contributed by atoms with Gasteiger partial charge in [0, 0.05) is 12.6 Å². The summed E-state index contributed by atoms with van der Waals surface area (Å²) in [7, 11) is 0. The van der Waals surface area contributed by atoms with Crippen LogP contribution >= 0.6 is 11.8 Å². The summed E-state index contributed by atoms with van der Waals surface area (Å²) < 4.78 is 3.66. The first-order chi connectivity index (χ1) is 16.3. The number of fused-ring (bicyclic) bond motifs is 5. The summed E-state index contributed by atoms with van der Waals surface area (Å²) in [4.78, 5) is 26.3. The monoisotopic (exact) mass is 481 g/mol. The largest absolute Gasteiger partial charge is 0.352 e. The zero-order valence-corrected chi connectivity index (χ0v) is 21.3. The van der Waals surface area contributed by atoms with Gasteiger partial charge in [-0.2, -0.15) is 0 Å². The molecule has 0 aliphatic heterocycles. The Bertz CT molecular complexity index is 1270. The number of aromatic nitrogens is 4. The highest BCUT2D eigenvalue weighted by molar-refractivity contribution is 8.00. The Balaban J connectivity index is 1.40. The fraction of sp³-hybridized carbons (Fsp3) is 0.615. The topological polar surface area (TPSA) is 81.3 Å². The first-order valence-electron chi connectivity index (χ1n) is 12.7. The van der Waals surface area contributed by atoms with Gasteiger partial charge in [-0.15, -0.1) is 10.2 Å². The van der Waals surface area contributed by atoms with Gasteiger partial charge in [0.2, 0.25) is 11.7 Å². The molecule has 0 saturated heterocycles. The van der Waals surface area contributed by atoms with Crippen molar-refractivity contribution >= 4 is 34.3 Å². The lowest BCUT2D eigenvalue weighted by molar-refractivity contribution is -0.121. The van der Waals surface area contributed by atoms with E-state index in [1.54, 1.807) is 4.57 Å². The third-order valence-electron chi connectivity index (χ3n) is 7.86. The van der Waals surface area contributed by atoms with Crippen molar-refractivity contribution in [1.82, 2.24) is 24.5 Å². The van der Waals surface area contributed by atoms with Gasteiger partial charge in [0.25, 0.3) is 5.56 Å². The van der Waals surface area contributed by atoms with Crippen LogP contribution in [0.15, 0.2) is 34.2 Å². The molecular weight excluding hydrogens is 446 g/mol. The maximum absolute atomic E-state index is 13.2. The molecule has 8 heteroatoms. The second-order valence-corrected chi connectivity index (χ2v) is 12.0. The number of hydrogen-bond acceptors (Lipinski definition) is 5. The van der Waals surface area contributed by atoms with Crippen molar-refractivity contribution in [2.24, 2.45) is 23.7 Å². The predicted octanol–water partition coefficient (Wildman–Crippen LogP) is 4.51. The average molecular weight is 482 g/mol. The van der Waals surface area contributed by atoms with Crippen LogP contribution in [0.2, 0.25) is 0 Å². The fourth-order valence-electron chi connectivity index (χ4n) is 5.97. The zero-order valence-electron chi connectivity index (χ0n) is 20.5. The number of thioether (sulfide) groups is 1. The number of carbonyl (C=O) groups excluding carboxylic acids is 1. The SMILES string of the molecule is CC(C)CCn1c(=O)c2ccccc2n2c(SC(C)C(=O)NC(C)C3CC4CCC3C4)nnc12. The van der Waals surface area contributed by atoms with Crippen LogP contribution in [0.1, 0.15) is 59.8 Å². The van der Waals surface area contributed by atoms with E-state index in [1.165, 1.54) is 37.4 Å². The van der Waals surface area contributed by atoms with E-state index in [2.05, 4.69) is 36.3 Å². The third kappa shape index (κ3) is 4.25. The number of para-hydroxylation sites is 1. The van der Waals surface area contributed by atoms with Crippen LogP contribution < -0.4 is 10.9 Å². The molecule has 2 heterocycles. The lowest BCUT2D eigenvalue weighted by Gasteiger charge is -2.29. The van der Waals surface area contributed by atoms with Crippen LogP contribution in [-0.2, 0) is 11.3 Å². The molecule has 5 unspecified atom stereocenters. The van der Waals surface area contributed by atoms with Crippen molar-refractivity contribution < 1.29 is 4.79 Å². The first-order valence-corrected chi connectivity index (χ1v) is 13.5. The Morgan fingerprint density at radius 3 is 2.65 bits per heavy atom. The maximum Gasteiger partial charge on any atom is 0.262 e. The molecule has 5 rings (SSSR count). The molecule has 0 radical (unpaired) electrons. The lowest BCUT2D eigenvalue weighted by atomic mass is 9.84. The van der Waals surface area contributed by atoms with Crippen molar-refractivity contribution in [1.29, 1.82) is 0 Å². The molecular formula is C26H35N5O2S. The summed E-state index contributed by atoms with van der Waals surface area (Å²) in [5.41, 5.74) is 0.733.